The van der Waals surface area contributed by atoms with Gasteiger partial charge in [0.05, 0.1) is 6.26 Å². The molecule has 20 heavy (non-hydrogen) atoms. The topological polar surface area (TPSA) is 37.3 Å². The van der Waals surface area contributed by atoms with Gasteiger partial charge in [0.1, 0.15) is 0 Å². The molecular formula is C18H24O2. The third-order valence-corrected chi connectivity index (χ3v) is 6.57. The first-order valence-corrected chi connectivity index (χ1v) is 8.34. The van der Waals surface area contributed by atoms with Crippen molar-refractivity contribution in [3.8, 4) is 0 Å². The van der Waals surface area contributed by atoms with Crippen LogP contribution in [0.15, 0.2) is 23.5 Å². The van der Waals surface area contributed by atoms with E-state index in [0.717, 1.165) is 29.7 Å². The van der Waals surface area contributed by atoms with Crippen molar-refractivity contribution in [3.05, 3.63) is 23.5 Å². The lowest BCUT2D eigenvalue weighted by molar-refractivity contribution is -0.114. The number of aliphatic hydroxyl groups excluding tert-OH is 1. The molecule has 4 aliphatic carbocycles. The number of hydrogen-bond acceptors (Lipinski definition) is 2. The fourth-order valence-electron chi connectivity index (χ4n) is 5.90. The van der Waals surface area contributed by atoms with Crippen LogP contribution < -0.4 is 0 Å². The highest BCUT2D eigenvalue weighted by Crippen LogP contribution is 2.57. The van der Waals surface area contributed by atoms with Gasteiger partial charge >= 0.3 is 0 Å². The molecule has 0 heterocycles. The number of fused-ring (bicyclic) bond motifs is 5. The third kappa shape index (κ3) is 1.80. The summed E-state index contributed by atoms with van der Waals surface area (Å²) in [5, 5.41) is 9.58. The van der Waals surface area contributed by atoms with Crippen LogP contribution in [0.2, 0.25) is 0 Å². The summed E-state index contributed by atoms with van der Waals surface area (Å²) in [5.74, 6) is 4.03. The van der Waals surface area contributed by atoms with Crippen LogP contribution >= 0.6 is 0 Å². The van der Waals surface area contributed by atoms with E-state index in [1.54, 1.807) is 0 Å². The number of rotatable bonds is 0. The fraction of sp³-hybridized carbons (Fsp3) is 0.722. The van der Waals surface area contributed by atoms with Crippen LogP contribution in [0.1, 0.15) is 51.4 Å². The molecule has 0 radical (unpaired) electrons. The number of ketones is 1. The van der Waals surface area contributed by atoms with E-state index in [-0.39, 0.29) is 5.78 Å². The molecule has 0 aromatic carbocycles. The van der Waals surface area contributed by atoms with E-state index >= 15 is 0 Å². The molecule has 0 saturated heterocycles. The standard InChI is InChI=1S/C18H24O2/c19-10-13-9-14(20)8-12-5-6-16-15-3-1-2-11(15)4-7-17(16)18(12)13/h8,10-11,15-19H,1-7,9H2/b13-10+/t11-,15+,16-,17-,18+/m0/s1. The summed E-state index contributed by atoms with van der Waals surface area (Å²) in [4.78, 5) is 11.8. The van der Waals surface area contributed by atoms with E-state index in [0.29, 0.717) is 18.3 Å². The smallest absolute Gasteiger partial charge is 0.159 e. The zero-order valence-corrected chi connectivity index (χ0v) is 12.1. The Hall–Kier alpha value is -1.05. The van der Waals surface area contributed by atoms with Crippen LogP contribution in [0, 0.1) is 29.6 Å². The minimum absolute atomic E-state index is 0.185. The van der Waals surface area contributed by atoms with Crippen LogP contribution in [0.4, 0.5) is 0 Å². The van der Waals surface area contributed by atoms with Gasteiger partial charge in [-0.3, -0.25) is 4.79 Å². The van der Waals surface area contributed by atoms with E-state index in [1.807, 2.05) is 6.08 Å². The normalized spacial score (nSPS) is 45.6. The van der Waals surface area contributed by atoms with Crippen molar-refractivity contribution in [1.29, 1.82) is 0 Å². The Balaban J connectivity index is 1.68. The lowest BCUT2D eigenvalue weighted by atomic mass is 9.55. The molecule has 0 bridgehead atoms. The number of carbonyl (C=O) groups excluding carboxylic acids is 1. The van der Waals surface area contributed by atoms with E-state index in [1.165, 1.54) is 50.4 Å². The van der Waals surface area contributed by atoms with Gasteiger partial charge in [-0.05, 0) is 67.4 Å². The van der Waals surface area contributed by atoms with Gasteiger partial charge in [-0.2, -0.15) is 0 Å². The van der Waals surface area contributed by atoms with Crippen molar-refractivity contribution < 1.29 is 9.90 Å². The van der Waals surface area contributed by atoms with Gasteiger partial charge in [-0.25, -0.2) is 0 Å². The molecule has 4 aliphatic rings. The maximum atomic E-state index is 11.8. The Bertz CT molecular complexity index is 488. The number of allylic oxidation sites excluding steroid dienone is 2. The first kappa shape index (κ1) is 12.7. The summed E-state index contributed by atoms with van der Waals surface area (Å²) in [6.07, 6.45) is 12.9. The summed E-state index contributed by atoms with van der Waals surface area (Å²) in [6, 6.07) is 0. The average Bonchev–Trinajstić information content (AvgIpc) is 2.94. The predicted molar refractivity (Wildman–Crippen MR) is 78.2 cm³/mol. The Morgan fingerprint density at radius 3 is 2.80 bits per heavy atom. The van der Waals surface area contributed by atoms with Crippen LogP contribution in [0.25, 0.3) is 0 Å². The highest BCUT2D eigenvalue weighted by molar-refractivity contribution is 5.94. The van der Waals surface area contributed by atoms with Gasteiger partial charge < -0.3 is 5.11 Å². The van der Waals surface area contributed by atoms with E-state index < -0.39 is 0 Å². The fourth-order valence-corrected chi connectivity index (χ4v) is 5.90. The second-order valence-corrected chi connectivity index (χ2v) is 7.34. The molecule has 2 heteroatoms. The number of hydrogen-bond donors (Lipinski definition) is 1. The highest BCUT2D eigenvalue weighted by atomic mass is 16.2. The van der Waals surface area contributed by atoms with Gasteiger partial charge in [0.25, 0.3) is 0 Å². The SMILES string of the molecule is O=C1C=C2CC[C@H]3[C@@H]4CCC[C@H]4CC[C@@H]3[C@H]2/C(=C/O)C1. The molecule has 5 atom stereocenters. The molecule has 0 amide bonds. The molecule has 0 aliphatic heterocycles. The maximum absolute atomic E-state index is 11.8. The van der Waals surface area contributed by atoms with Crippen molar-refractivity contribution in [3.63, 3.8) is 0 Å². The van der Waals surface area contributed by atoms with Gasteiger partial charge in [-0.15, -0.1) is 0 Å². The highest BCUT2D eigenvalue weighted by Gasteiger charge is 2.48. The summed E-state index contributed by atoms with van der Waals surface area (Å²) < 4.78 is 0. The van der Waals surface area contributed by atoms with Crippen molar-refractivity contribution >= 4 is 5.78 Å². The molecule has 3 fully saturated rings. The predicted octanol–water partition coefficient (Wildman–Crippen LogP) is 4.18. The van der Waals surface area contributed by atoms with Crippen LogP contribution in [0.3, 0.4) is 0 Å². The Kier molecular flexibility index (Phi) is 3.01. The van der Waals surface area contributed by atoms with Crippen molar-refractivity contribution in [1.82, 2.24) is 0 Å². The molecule has 108 valence electrons. The lowest BCUT2D eigenvalue weighted by Crippen LogP contribution is -2.41. The van der Waals surface area contributed by atoms with Crippen molar-refractivity contribution in [2.45, 2.75) is 51.4 Å². The van der Waals surface area contributed by atoms with Gasteiger partial charge in [-0.1, -0.05) is 18.4 Å². The molecule has 4 rings (SSSR count). The van der Waals surface area contributed by atoms with E-state index in [2.05, 4.69) is 0 Å². The molecule has 0 aromatic heterocycles. The Morgan fingerprint density at radius 2 is 1.95 bits per heavy atom. The number of aliphatic hydroxyl groups is 1. The van der Waals surface area contributed by atoms with Gasteiger partial charge in [0, 0.05) is 12.3 Å². The zero-order valence-electron chi connectivity index (χ0n) is 12.1. The zero-order chi connectivity index (χ0) is 13.7. The molecule has 0 spiro atoms. The van der Waals surface area contributed by atoms with Crippen LogP contribution in [-0.2, 0) is 4.79 Å². The summed E-state index contributed by atoms with van der Waals surface area (Å²) >= 11 is 0. The Morgan fingerprint density at radius 1 is 1.05 bits per heavy atom. The van der Waals surface area contributed by atoms with Crippen molar-refractivity contribution in [2.24, 2.45) is 29.6 Å². The minimum Gasteiger partial charge on any atom is -0.516 e. The van der Waals surface area contributed by atoms with Crippen LogP contribution in [-0.4, -0.2) is 10.9 Å². The molecule has 0 aromatic rings. The lowest BCUT2D eigenvalue weighted by Gasteiger charge is -2.49. The largest absolute Gasteiger partial charge is 0.516 e. The quantitative estimate of drug-likeness (QED) is 0.672. The minimum atomic E-state index is 0.185. The van der Waals surface area contributed by atoms with Crippen molar-refractivity contribution in [2.75, 3.05) is 0 Å². The van der Waals surface area contributed by atoms with Crippen LogP contribution in [0.5, 0.6) is 0 Å². The monoisotopic (exact) mass is 272 g/mol. The molecule has 0 unspecified atom stereocenters. The third-order valence-electron chi connectivity index (χ3n) is 6.57. The molecule has 2 nitrogen and oxygen atoms in total. The Labute approximate surface area is 120 Å². The molecule has 1 N–H and O–H groups in total. The summed E-state index contributed by atoms with van der Waals surface area (Å²) in [6.45, 7) is 0. The first-order valence-electron chi connectivity index (χ1n) is 8.34. The second-order valence-electron chi connectivity index (χ2n) is 7.34. The molecule has 3 saturated carbocycles. The summed E-state index contributed by atoms with van der Waals surface area (Å²) in [7, 11) is 0. The van der Waals surface area contributed by atoms with Gasteiger partial charge in [0.2, 0.25) is 0 Å². The van der Waals surface area contributed by atoms with E-state index in [4.69, 9.17) is 0 Å². The second kappa shape index (κ2) is 4.75. The van der Waals surface area contributed by atoms with Gasteiger partial charge in [0.15, 0.2) is 5.78 Å². The van der Waals surface area contributed by atoms with E-state index in [9.17, 15) is 9.90 Å². The average molecular weight is 272 g/mol. The first-order chi connectivity index (χ1) is 9.78. The maximum Gasteiger partial charge on any atom is 0.159 e. The molecular weight excluding hydrogens is 248 g/mol. The number of carbonyl (C=O) groups is 1. The summed E-state index contributed by atoms with van der Waals surface area (Å²) in [5.41, 5.74) is 2.32.